The van der Waals surface area contributed by atoms with Crippen molar-refractivity contribution in [3.63, 3.8) is 0 Å². The maximum absolute atomic E-state index is 11.6. The maximum atomic E-state index is 11.6. The number of benzene rings is 1. The smallest absolute Gasteiger partial charge is 0.322 e. The van der Waals surface area contributed by atoms with Crippen LogP contribution in [0, 0.1) is 0 Å². The van der Waals surface area contributed by atoms with Crippen LogP contribution < -0.4 is 10.5 Å². The zero-order chi connectivity index (χ0) is 17.6. The summed E-state index contributed by atoms with van der Waals surface area (Å²) in [7, 11) is 1.76. The Morgan fingerprint density at radius 3 is 2.88 bits per heavy atom. The first kappa shape index (κ1) is 15.6. The van der Waals surface area contributed by atoms with Crippen LogP contribution in [0.25, 0.3) is 11.4 Å². The highest BCUT2D eigenvalue weighted by atomic mass is 35.5. The topological polar surface area (TPSA) is 95.9 Å². The molecule has 0 aliphatic heterocycles. The van der Waals surface area contributed by atoms with Crippen LogP contribution in [0.4, 0.5) is 0 Å². The molecule has 8 heteroatoms. The fourth-order valence-electron chi connectivity index (χ4n) is 3.01. The van der Waals surface area contributed by atoms with E-state index in [9.17, 15) is 4.79 Å². The lowest BCUT2D eigenvalue weighted by molar-refractivity contribution is 0.0994. The molecule has 0 radical (unpaired) electrons. The molecule has 1 aliphatic rings. The highest BCUT2D eigenvalue weighted by molar-refractivity contribution is 6.32. The van der Waals surface area contributed by atoms with E-state index in [1.165, 1.54) is 0 Å². The third-order valence-electron chi connectivity index (χ3n) is 4.13. The molecule has 2 N–H and O–H groups in total. The van der Waals surface area contributed by atoms with Crippen LogP contribution in [0.2, 0.25) is 5.02 Å². The Labute approximate surface area is 148 Å². The van der Waals surface area contributed by atoms with Crippen LogP contribution in [0.1, 0.15) is 21.6 Å². The van der Waals surface area contributed by atoms with Crippen LogP contribution in [-0.4, -0.2) is 25.7 Å². The molecular formula is C17H14ClN5O2. The highest BCUT2D eigenvalue weighted by Gasteiger charge is 2.28. The van der Waals surface area contributed by atoms with Gasteiger partial charge in [0.25, 0.3) is 5.91 Å². The van der Waals surface area contributed by atoms with Gasteiger partial charge in [0, 0.05) is 18.8 Å². The molecule has 0 spiro atoms. The number of para-hydroxylation sites is 1. The highest BCUT2D eigenvalue weighted by Crippen LogP contribution is 2.35. The maximum Gasteiger partial charge on any atom is 0.322 e. The number of nitrogens with two attached hydrogens (primary N) is 1. The number of amides is 1. The summed E-state index contributed by atoms with van der Waals surface area (Å²) in [4.78, 5) is 20.4. The Balaban J connectivity index is 1.79. The zero-order valence-corrected chi connectivity index (χ0v) is 14.1. The first-order chi connectivity index (χ1) is 12.0. The van der Waals surface area contributed by atoms with E-state index < -0.39 is 5.91 Å². The van der Waals surface area contributed by atoms with Gasteiger partial charge in [0.2, 0.25) is 0 Å². The predicted octanol–water partition coefficient (Wildman–Crippen LogP) is 2.52. The number of hydrogen-bond acceptors (Lipinski definition) is 5. The molecule has 1 aliphatic carbocycles. The number of primary amides is 1. The molecule has 3 aromatic rings. The van der Waals surface area contributed by atoms with Gasteiger partial charge < -0.3 is 10.5 Å². The molecule has 0 fully saturated rings. The van der Waals surface area contributed by atoms with Gasteiger partial charge in [-0.1, -0.05) is 23.7 Å². The molecule has 0 atom stereocenters. The Morgan fingerprint density at radius 1 is 1.32 bits per heavy atom. The SMILES string of the molecule is Cn1nc(C(N)=O)c2c1-c1nc(Oc3ccccc3Cl)ncc1CC2. The van der Waals surface area contributed by atoms with Gasteiger partial charge >= 0.3 is 6.01 Å². The van der Waals surface area contributed by atoms with E-state index in [1.54, 1.807) is 30.1 Å². The number of carbonyl (C=O) groups excluding carboxylic acids is 1. The second-order valence-corrected chi connectivity index (χ2v) is 6.13. The van der Waals surface area contributed by atoms with Gasteiger partial charge in [0.15, 0.2) is 5.69 Å². The number of aryl methyl sites for hydroxylation is 2. The Kier molecular flexibility index (Phi) is 3.65. The average Bonchev–Trinajstić information content (AvgIpc) is 2.94. The molecular weight excluding hydrogens is 342 g/mol. The number of nitrogens with zero attached hydrogens (tertiary/aromatic N) is 4. The van der Waals surface area contributed by atoms with E-state index in [0.717, 1.165) is 16.8 Å². The minimum absolute atomic E-state index is 0.182. The molecule has 0 saturated carbocycles. The summed E-state index contributed by atoms with van der Waals surface area (Å²) in [6.45, 7) is 0. The summed E-state index contributed by atoms with van der Waals surface area (Å²) in [6.07, 6.45) is 3.11. The van der Waals surface area contributed by atoms with E-state index in [1.807, 2.05) is 12.1 Å². The lowest BCUT2D eigenvalue weighted by atomic mass is 9.93. The first-order valence-corrected chi connectivity index (χ1v) is 8.06. The van der Waals surface area contributed by atoms with Gasteiger partial charge in [-0.3, -0.25) is 9.48 Å². The molecule has 7 nitrogen and oxygen atoms in total. The molecule has 0 unspecified atom stereocenters. The van der Waals surface area contributed by atoms with E-state index in [4.69, 9.17) is 22.1 Å². The van der Waals surface area contributed by atoms with Gasteiger partial charge in [-0.25, -0.2) is 4.98 Å². The average molecular weight is 356 g/mol. The first-order valence-electron chi connectivity index (χ1n) is 7.69. The Bertz CT molecular complexity index is 999. The Hall–Kier alpha value is -2.93. The van der Waals surface area contributed by atoms with Gasteiger partial charge in [-0.2, -0.15) is 10.1 Å². The molecule has 0 saturated heterocycles. The predicted molar refractivity (Wildman–Crippen MR) is 91.7 cm³/mol. The van der Waals surface area contributed by atoms with Crippen LogP contribution >= 0.6 is 11.6 Å². The summed E-state index contributed by atoms with van der Waals surface area (Å²) in [5, 5.41) is 4.71. The van der Waals surface area contributed by atoms with Crippen molar-refractivity contribution in [3.8, 4) is 23.1 Å². The molecule has 0 bridgehead atoms. The molecule has 25 heavy (non-hydrogen) atoms. The van der Waals surface area contributed by atoms with Crippen molar-refractivity contribution >= 4 is 17.5 Å². The number of aromatic nitrogens is 4. The summed E-state index contributed by atoms with van der Waals surface area (Å²) < 4.78 is 7.33. The molecule has 1 amide bonds. The fourth-order valence-corrected chi connectivity index (χ4v) is 3.19. The third kappa shape index (κ3) is 2.62. The largest absolute Gasteiger partial charge is 0.423 e. The number of halogens is 1. The van der Waals surface area contributed by atoms with Crippen molar-refractivity contribution < 1.29 is 9.53 Å². The van der Waals surface area contributed by atoms with Crippen molar-refractivity contribution in [2.75, 3.05) is 0 Å². The van der Waals surface area contributed by atoms with Crippen LogP contribution in [0.3, 0.4) is 0 Å². The summed E-state index contributed by atoms with van der Waals surface area (Å²) in [5.74, 6) is -0.0649. The van der Waals surface area contributed by atoms with Crippen molar-refractivity contribution in [1.82, 2.24) is 19.7 Å². The van der Waals surface area contributed by atoms with Crippen molar-refractivity contribution in [2.24, 2.45) is 12.8 Å². The van der Waals surface area contributed by atoms with Gasteiger partial charge in [-0.15, -0.1) is 0 Å². The van der Waals surface area contributed by atoms with Gasteiger partial charge in [0.05, 0.1) is 16.4 Å². The standard InChI is InChI=1S/C17H14ClN5O2/c1-23-15-10(14(22-23)16(19)24)7-6-9-8-20-17(21-13(9)15)25-12-5-3-2-4-11(12)18/h2-5,8H,6-7H2,1H3,(H2,19,24). The second-order valence-electron chi connectivity index (χ2n) is 5.72. The fraction of sp³-hybridized carbons (Fsp3) is 0.176. The number of fused-ring (bicyclic) bond motifs is 3. The molecule has 1 aromatic carbocycles. The minimum Gasteiger partial charge on any atom is -0.423 e. The van der Waals surface area contributed by atoms with Crippen LogP contribution in [0.5, 0.6) is 11.8 Å². The number of ether oxygens (including phenoxy) is 1. The van der Waals surface area contributed by atoms with Gasteiger partial charge in [0.1, 0.15) is 5.75 Å². The molecule has 4 rings (SSSR count). The van der Waals surface area contributed by atoms with Crippen LogP contribution in [0.15, 0.2) is 30.5 Å². The normalized spacial score (nSPS) is 12.4. The molecule has 2 heterocycles. The Morgan fingerprint density at radius 2 is 2.12 bits per heavy atom. The van der Waals surface area contributed by atoms with Crippen molar-refractivity contribution in [3.05, 3.63) is 52.3 Å². The van der Waals surface area contributed by atoms with E-state index in [0.29, 0.717) is 29.3 Å². The van der Waals surface area contributed by atoms with E-state index >= 15 is 0 Å². The number of carbonyl (C=O) groups is 1. The minimum atomic E-state index is -0.540. The van der Waals surface area contributed by atoms with E-state index in [-0.39, 0.29) is 11.7 Å². The number of hydrogen-bond donors (Lipinski definition) is 1. The van der Waals surface area contributed by atoms with Crippen molar-refractivity contribution in [2.45, 2.75) is 12.8 Å². The monoisotopic (exact) mass is 355 g/mol. The molecule has 126 valence electrons. The number of rotatable bonds is 3. The van der Waals surface area contributed by atoms with Gasteiger partial charge in [-0.05, 0) is 30.5 Å². The summed E-state index contributed by atoms with van der Waals surface area (Å²) in [5.41, 5.74) is 8.96. The van der Waals surface area contributed by atoms with E-state index in [2.05, 4.69) is 15.1 Å². The summed E-state index contributed by atoms with van der Waals surface area (Å²) in [6, 6.07) is 7.29. The molecule has 2 aromatic heterocycles. The lowest BCUT2D eigenvalue weighted by Crippen LogP contribution is -2.15. The lowest BCUT2D eigenvalue weighted by Gasteiger charge is -2.17. The zero-order valence-electron chi connectivity index (χ0n) is 13.4. The summed E-state index contributed by atoms with van der Waals surface area (Å²) >= 11 is 6.12. The van der Waals surface area contributed by atoms with Crippen LogP contribution in [-0.2, 0) is 19.9 Å². The quantitative estimate of drug-likeness (QED) is 0.778. The van der Waals surface area contributed by atoms with Crippen molar-refractivity contribution in [1.29, 1.82) is 0 Å². The second kappa shape index (κ2) is 5.86. The third-order valence-corrected chi connectivity index (χ3v) is 4.44.